The van der Waals surface area contributed by atoms with E-state index in [9.17, 15) is 13.6 Å². The highest BCUT2D eigenvalue weighted by atomic mass is 79.9. The van der Waals surface area contributed by atoms with E-state index in [4.69, 9.17) is 5.11 Å². The van der Waals surface area contributed by atoms with Gasteiger partial charge in [0.2, 0.25) is 5.01 Å². The molecule has 0 unspecified atom stereocenters. The Morgan fingerprint density at radius 2 is 2.25 bits per heavy atom. The molecular weight excluding hydrogens is 256 g/mol. The van der Waals surface area contributed by atoms with Gasteiger partial charge in [-0.05, 0) is 15.9 Å². The summed E-state index contributed by atoms with van der Waals surface area (Å²) in [5.41, 5.74) is 0. The Morgan fingerprint density at radius 1 is 1.67 bits per heavy atom. The van der Waals surface area contributed by atoms with Gasteiger partial charge in [-0.15, -0.1) is 11.3 Å². The molecule has 0 saturated carbocycles. The van der Waals surface area contributed by atoms with Crippen molar-refractivity contribution in [1.82, 2.24) is 4.98 Å². The Labute approximate surface area is 78.2 Å². The van der Waals surface area contributed by atoms with Crippen molar-refractivity contribution >= 4 is 33.2 Å². The van der Waals surface area contributed by atoms with Crippen molar-refractivity contribution < 1.29 is 18.7 Å². The van der Waals surface area contributed by atoms with E-state index >= 15 is 0 Å². The zero-order valence-corrected chi connectivity index (χ0v) is 7.82. The second-order valence-electron chi connectivity index (χ2n) is 1.78. The van der Waals surface area contributed by atoms with Gasteiger partial charge in [-0.25, -0.2) is 18.6 Å². The third-order valence-electron chi connectivity index (χ3n) is 0.991. The average Bonchev–Trinajstić information content (AvgIpc) is 2.30. The Morgan fingerprint density at radius 3 is 2.50 bits per heavy atom. The smallest absolute Gasteiger partial charge is 0.365 e. The summed E-state index contributed by atoms with van der Waals surface area (Å²) in [6.07, 6.45) is -2.69. The van der Waals surface area contributed by atoms with Crippen LogP contribution in [0.15, 0.2) is 4.60 Å². The SMILES string of the molecule is O=C(O)c1nc(Br)c(C(F)F)s1. The molecule has 0 amide bonds. The fourth-order valence-electron chi connectivity index (χ4n) is 0.539. The van der Waals surface area contributed by atoms with Crippen LogP contribution in [-0.4, -0.2) is 16.1 Å². The molecule has 1 aromatic heterocycles. The van der Waals surface area contributed by atoms with E-state index in [1.807, 2.05) is 0 Å². The van der Waals surface area contributed by atoms with Crippen LogP contribution in [-0.2, 0) is 0 Å². The van der Waals surface area contributed by atoms with Crippen LogP contribution in [0.25, 0.3) is 0 Å². The highest BCUT2D eigenvalue weighted by Gasteiger charge is 2.20. The minimum absolute atomic E-state index is 0.0973. The highest BCUT2D eigenvalue weighted by Crippen LogP contribution is 2.32. The standard InChI is InChI=1S/C5H2BrF2NO2S/c6-2-1(3(7)8)12-4(9-2)5(10)11/h3H,(H,10,11). The lowest BCUT2D eigenvalue weighted by molar-refractivity contribution is 0.0696. The zero-order chi connectivity index (χ0) is 9.30. The largest absolute Gasteiger partial charge is 0.476 e. The number of rotatable bonds is 2. The van der Waals surface area contributed by atoms with Crippen molar-refractivity contribution in [2.45, 2.75) is 6.43 Å². The van der Waals surface area contributed by atoms with Gasteiger partial charge >= 0.3 is 5.97 Å². The summed E-state index contributed by atoms with van der Waals surface area (Å²) in [5, 5.41) is 8.05. The number of aromatic carboxylic acids is 1. The number of thiazole rings is 1. The van der Waals surface area contributed by atoms with E-state index in [1.54, 1.807) is 0 Å². The molecule has 0 spiro atoms. The Hall–Kier alpha value is -0.560. The summed E-state index contributed by atoms with van der Waals surface area (Å²) < 4.78 is 24.0. The number of aromatic nitrogens is 1. The molecule has 0 aliphatic heterocycles. The van der Waals surface area contributed by atoms with Gasteiger partial charge in [0.15, 0.2) is 0 Å². The summed E-state index contributed by atoms with van der Waals surface area (Å²) in [5.74, 6) is -1.30. The van der Waals surface area contributed by atoms with E-state index in [-0.39, 0.29) is 14.5 Å². The Bertz CT molecular complexity index is 314. The molecule has 1 N–H and O–H groups in total. The molecule has 66 valence electrons. The third kappa shape index (κ3) is 1.78. The molecule has 0 fully saturated rings. The van der Waals surface area contributed by atoms with Gasteiger partial charge in [0, 0.05) is 0 Å². The molecule has 0 bridgehead atoms. The maximum Gasteiger partial charge on any atom is 0.365 e. The summed E-state index contributed by atoms with van der Waals surface area (Å²) in [7, 11) is 0. The number of carboxylic acid groups (broad SMARTS) is 1. The number of alkyl halides is 2. The number of carboxylic acids is 1. The normalized spacial score (nSPS) is 10.7. The van der Waals surface area contributed by atoms with Crippen molar-refractivity contribution in [1.29, 1.82) is 0 Å². The molecule has 0 radical (unpaired) electrons. The first-order valence-electron chi connectivity index (χ1n) is 2.70. The summed E-state index contributed by atoms with van der Waals surface area (Å²) in [6, 6.07) is 0. The summed E-state index contributed by atoms with van der Waals surface area (Å²) in [4.78, 5) is 13.3. The van der Waals surface area contributed by atoms with Crippen LogP contribution in [0.4, 0.5) is 8.78 Å². The molecule has 0 atom stereocenters. The topological polar surface area (TPSA) is 50.2 Å². The molecule has 0 aromatic carbocycles. The van der Waals surface area contributed by atoms with Crippen LogP contribution in [0.5, 0.6) is 0 Å². The monoisotopic (exact) mass is 257 g/mol. The van der Waals surface area contributed by atoms with E-state index in [2.05, 4.69) is 20.9 Å². The molecule has 1 rings (SSSR count). The van der Waals surface area contributed by atoms with Gasteiger partial charge in [-0.2, -0.15) is 0 Å². The van der Waals surface area contributed by atoms with Gasteiger partial charge in [0.1, 0.15) is 9.48 Å². The lowest BCUT2D eigenvalue weighted by Gasteiger charge is -1.90. The first-order chi connectivity index (χ1) is 5.52. The Balaban J connectivity index is 3.09. The number of halogens is 3. The van der Waals surface area contributed by atoms with E-state index in [0.717, 1.165) is 0 Å². The van der Waals surface area contributed by atoms with Crippen LogP contribution in [0.3, 0.4) is 0 Å². The minimum Gasteiger partial charge on any atom is -0.476 e. The third-order valence-corrected chi connectivity index (χ3v) is 2.91. The number of carbonyl (C=O) groups is 1. The Kier molecular flexibility index (Phi) is 2.73. The molecular formula is C5H2BrF2NO2S. The molecule has 1 heterocycles. The van der Waals surface area contributed by atoms with Crippen molar-refractivity contribution in [3.63, 3.8) is 0 Å². The average molecular weight is 258 g/mol. The first-order valence-corrected chi connectivity index (χ1v) is 4.31. The maximum atomic E-state index is 12.1. The van der Waals surface area contributed by atoms with Crippen LogP contribution >= 0.6 is 27.3 Å². The lowest BCUT2D eigenvalue weighted by Crippen LogP contribution is -1.93. The fraction of sp³-hybridized carbons (Fsp3) is 0.200. The van der Waals surface area contributed by atoms with E-state index < -0.39 is 12.4 Å². The lowest BCUT2D eigenvalue weighted by atomic mass is 10.6. The van der Waals surface area contributed by atoms with Crippen LogP contribution < -0.4 is 0 Å². The van der Waals surface area contributed by atoms with Crippen molar-refractivity contribution in [3.8, 4) is 0 Å². The predicted molar refractivity (Wildman–Crippen MR) is 41.7 cm³/mol. The summed E-state index contributed by atoms with van der Waals surface area (Å²) in [6.45, 7) is 0. The molecule has 12 heavy (non-hydrogen) atoms. The van der Waals surface area contributed by atoms with Crippen LogP contribution in [0.1, 0.15) is 21.1 Å². The van der Waals surface area contributed by atoms with Crippen LogP contribution in [0.2, 0.25) is 0 Å². The van der Waals surface area contributed by atoms with Gasteiger partial charge in [-0.1, -0.05) is 0 Å². The zero-order valence-electron chi connectivity index (χ0n) is 5.42. The van der Waals surface area contributed by atoms with Crippen molar-refractivity contribution in [3.05, 3.63) is 14.5 Å². The fourth-order valence-corrected chi connectivity index (χ4v) is 1.90. The van der Waals surface area contributed by atoms with Gasteiger partial charge in [0.05, 0.1) is 0 Å². The van der Waals surface area contributed by atoms with Crippen molar-refractivity contribution in [2.24, 2.45) is 0 Å². The number of hydrogen-bond acceptors (Lipinski definition) is 3. The van der Waals surface area contributed by atoms with E-state index in [0.29, 0.717) is 11.3 Å². The van der Waals surface area contributed by atoms with Gasteiger partial charge in [-0.3, -0.25) is 0 Å². The molecule has 7 heteroatoms. The second-order valence-corrected chi connectivity index (χ2v) is 3.56. The molecule has 1 aromatic rings. The molecule has 3 nitrogen and oxygen atoms in total. The highest BCUT2D eigenvalue weighted by molar-refractivity contribution is 9.10. The molecule has 0 aliphatic carbocycles. The summed E-state index contributed by atoms with van der Waals surface area (Å²) >= 11 is 3.21. The maximum absolute atomic E-state index is 12.1. The first kappa shape index (κ1) is 9.53. The van der Waals surface area contributed by atoms with E-state index in [1.165, 1.54) is 0 Å². The molecule has 0 saturated heterocycles. The van der Waals surface area contributed by atoms with Crippen molar-refractivity contribution in [2.75, 3.05) is 0 Å². The number of nitrogens with zero attached hydrogens (tertiary/aromatic N) is 1. The molecule has 0 aliphatic rings. The number of hydrogen-bond donors (Lipinski definition) is 1. The van der Waals surface area contributed by atoms with Gasteiger partial charge < -0.3 is 5.11 Å². The quantitative estimate of drug-likeness (QED) is 0.886. The second kappa shape index (κ2) is 3.44. The van der Waals surface area contributed by atoms with Gasteiger partial charge in [0.25, 0.3) is 6.43 Å². The van der Waals surface area contributed by atoms with Crippen LogP contribution in [0, 0.1) is 0 Å². The predicted octanol–water partition coefficient (Wildman–Crippen LogP) is 2.54. The minimum atomic E-state index is -2.69.